The zero-order chi connectivity index (χ0) is 9.80. The predicted octanol–water partition coefficient (Wildman–Crippen LogP) is 0.873. The van der Waals surface area contributed by atoms with Gasteiger partial charge in [0.25, 0.3) is 0 Å². The quantitative estimate of drug-likeness (QED) is 0.670. The van der Waals surface area contributed by atoms with Gasteiger partial charge in [0.15, 0.2) is 0 Å². The van der Waals surface area contributed by atoms with Crippen molar-refractivity contribution in [2.24, 2.45) is 0 Å². The number of nitrogens with zero attached hydrogens (tertiary/aromatic N) is 3. The van der Waals surface area contributed by atoms with E-state index in [0.29, 0.717) is 11.7 Å². The molecule has 2 aromatic heterocycles. The first-order valence-electron chi connectivity index (χ1n) is 4.07. The molecule has 5 nitrogen and oxygen atoms in total. The Balaban J connectivity index is 2.29. The molecule has 70 valence electrons. The smallest absolute Gasteiger partial charge is 0.234 e. The average Bonchev–Trinajstić information content (AvgIpc) is 2.68. The van der Waals surface area contributed by atoms with Gasteiger partial charge in [-0.1, -0.05) is 5.16 Å². The summed E-state index contributed by atoms with van der Waals surface area (Å²) < 4.78 is 4.85. The van der Waals surface area contributed by atoms with Crippen LogP contribution in [0, 0.1) is 0 Å². The number of hydrogen-bond acceptors (Lipinski definition) is 5. The Labute approximate surface area is 79.8 Å². The summed E-state index contributed by atoms with van der Waals surface area (Å²) in [6, 6.07) is 3.55. The van der Waals surface area contributed by atoms with Crippen molar-refractivity contribution in [3.63, 3.8) is 0 Å². The summed E-state index contributed by atoms with van der Waals surface area (Å²) >= 11 is 0. The zero-order valence-electron chi connectivity index (χ0n) is 7.25. The number of carbonyl (C=O) groups excluding carboxylic acids is 1. The van der Waals surface area contributed by atoms with E-state index in [4.69, 9.17) is 4.52 Å². The van der Waals surface area contributed by atoms with Gasteiger partial charge in [0, 0.05) is 18.0 Å². The normalized spacial score (nSPS) is 10.0. The molecule has 0 spiro atoms. The Morgan fingerprint density at radius 3 is 2.86 bits per heavy atom. The fourth-order valence-corrected chi connectivity index (χ4v) is 1.03. The minimum atomic E-state index is 0.151. The third-order valence-electron chi connectivity index (χ3n) is 1.66. The van der Waals surface area contributed by atoms with E-state index in [2.05, 4.69) is 15.1 Å². The molecule has 0 unspecified atom stereocenters. The molecular weight excluding hydrogens is 182 g/mol. The Morgan fingerprint density at radius 1 is 1.36 bits per heavy atom. The standard InChI is InChI=1S/C9H7N3O2/c13-6-3-8-11-9(12-14-8)7-1-4-10-5-2-7/h1-2,4-6H,3H2. The van der Waals surface area contributed by atoms with Crippen LogP contribution in [0.3, 0.4) is 0 Å². The van der Waals surface area contributed by atoms with Crippen LogP contribution in [0.4, 0.5) is 0 Å². The molecule has 0 aliphatic carbocycles. The van der Waals surface area contributed by atoms with Crippen LogP contribution in [-0.2, 0) is 11.2 Å². The van der Waals surface area contributed by atoms with Crippen molar-refractivity contribution >= 4 is 6.29 Å². The lowest BCUT2D eigenvalue weighted by Crippen LogP contribution is -1.85. The fraction of sp³-hybridized carbons (Fsp3) is 0.111. The summed E-state index contributed by atoms with van der Waals surface area (Å²) in [5, 5.41) is 3.73. The number of pyridine rings is 1. The highest BCUT2D eigenvalue weighted by Crippen LogP contribution is 2.13. The van der Waals surface area contributed by atoms with Crippen molar-refractivity contribution in [3.05, 3.63) is 30.4 Å². The van der Waals surface area contributed by atoms with Gasteiger partial charge in [-0.2, -0.15) is 4.98 Å². The Kier molecular flexibility index (Phi) is 2.31. The molecule has 2 aromatic rings. The van der Waals surface area contributed by atoms with Crippen molar-refractivity contribution in [2.45, 2.75) is 6.42 Å². The second-order valence-electron chi connectivity index (χ2n) is 2.62. The first-order chi connectivity index (χ1) is 6.90. The minimum absolute atomic E-state index is 0.151. The van der Waals surface area contributed by atoms with Crippen LogP contribution in [0.2, 0.25) is 0 Å². The molecule has 5 heteroatoms. The van der Waals surface area contributed by atoms with Crippen LogP contribution < -0.4 is 0 Å². The maximum atomic E-state index is 10.2. The van der Waals surface area contributed by atoms with E-state index >= 15 is 0 Å². The van der Waals surface area contributed by atoms with Crippen LogP contribution in [0.15, 0.2) is 29.0 Å². The second kappa shape index (κ2) is 3.78. The van der Waals surface area contributed by atoms with E-state index in [9.17, 15) is 4.79 Å². The third-order valence-corrected chi connectivity index (χ3v) is 1.66. The number of hydrogen-bond donors (Lipinski definition) is 0. The molecule has 0 aliphatic rings. The summed E-state index contributed by atoms with van der Waals surface area (Å²) in [6.07, 6.45) is 4.16. The lowest BCUT2D eigenvalue weighted by Gasteiger charge is -1.89. The molecule has 0 aromatic carbocycles. The molecule has 0 atom stereocenters. The summed E-state index contributed by atoms with van der Waals surface area (Å²) in [6.45, 7) is 0. The van der Waals surface area contributed by atoms with Crippen LogP contribution in [-0.4, -0.2) is 21.4 Å². The summed E-state index contributed by atoms with van der Waals surface area (Å²) in [4.78, 5) is 18.1. The molecule has 2 rings (SSSR count). The molecule has 0 N–H and O–H groups in total. The van der Waals surface area contributed by atoms with Gasteiger partial charge in [-0.05, 0) is 12.1 Å². The zero-order valence-corrected chi connectivity index (χ0v) is 7.25. The lowest BCUT2D eigenvalue weighted by atomic mass is 10.2. The van der Waals surface area contributed by atoms with E-state index in [1.165, 1.54) is 0 Å². The molecule has 0 bridgehead atoms. The minimum Gasteiger partial charge on any atom is -0.339 e. The largest absolute Gasteiger partial charge is 0.339 e. The monoisotopic (exact) mass is 189 g/mol. The highest BCUT2D eigenvalue weighted by molar-refractivity contribution is 5.55. The lowest BCUT2D eigenvalue weighted by molar-refractivity contribution is -0.107. The highest BCUT2D eigenvalue weighted by atomic mass is 16.5. The summed E-state index contributed by atoms with van der Waals surface area (Å²) in [7, 11) is 0. The van der Waals surface area contributed by atoms with Crippen LogP contribution in [0.1, 0.15) is 5.89 Å². The van der Waals surface area contributed by atoms with Crippen molar-refractivity contribution < 1.29 is 9.32 Å². The van der Waals surface area contributed by atoms with E-state index in [0.717, 1.165) is 11.8 Å². The molecule has 0 radical (unpaired) electrons. The van der Waals surface area contributed by atoms with Gasteiger partial charge in [-0.25, -0.2) is 0 Å². The third kappa shape index (κ3) is 1.66. The molecule has 14 heavy (non-hydrogen) atoms. The molecule has 0 saturated heterocycles. The van der Waals surface area contributed by atoms with Gasteiger partial charge in [0.1, 0.15) is 6.29 Å². The molecule has 0 aliphatic heterocycles. The van der Waals surface area contributed by atoms with Crippen LogP contribution in [0.25, 0.3) is 11.4 Å². The maximum absolute atomic E-state index is 10.2. The van der Waals surface area contributed by atoms with E-state index in [1.54, 1.807) is 24.5 Å². The van der Waals surface area contributed by atoms with E-state index in [1.807, 2.05) is 0 Å². The average molecular weight is 189 g/mol. The van der Waals surface area contributed by atoms with Crippen molar-refractivity contribution in [3.8, 4) is 11.4 Å². The molecule has 0 fully saturated rings. The SMILES string of the molecule is O=CCc1nc(-c2ccncc2)no1. The van der Waals surface area contributed by atoms with Crippen molar-refractivity contribution in [1.82, 2.24) is 15.1 Å². The maximum Gasteiger partial charge on any atom is 0.234 e. The van der Waals surface area contributed by atoms with E-state index in [-0.39, 0.29) is 6.42 Å². The highest BCUT2D eigenvalue weighted by Gasteiger charge is 2.06. The number of aromatic nitrogens is 3. The topological polar surface area (TPSA) is 68.9 Å². The molecule has 2 heterocycles. The Morgan fingerprint density at radius 2 is 2.14 bits per heavy atom. The van der Waals surface area contributed by atoms with Crippen LogP contribution >= 0.6 is 0 Å². The summed E-state index contributed by atoms with van der Waals surface area (Å²) in [5.41, 5.74) is 0.820. The summed E-state index contributed by atoms with van der Waals surface area (Å²) in [5.74, 6) is 0.802. The second-order valence-corrected chi connectivity index (χ2v) is 2.62. The first kappa shape index (κ1) is 8.55. The van der Waals surface area contributed by atoms with Gasteiger partial charge >= 0.3 is 0 Å². The van der Waals surface area contributed by atoms with Crippen molar-refractivity contribution in [2.75, 3.05) is 0 Å². The van der Waals surface area contributed by atoms with Crippen LogP contribution in [0.5, 0.6) is 0 Å². The van der Waals surface area contributed by atoms with Gasteiger partial charge < -0.3 is 9.32 Å². The van der Waals surface area contributed by atoms with E-state index < -0.39 is 0 Å². The number of aldehydes is 1. The molecule has 0 amide bonds. The van der Waals surface area contributed by atoms with Crippen molar-refractivity contribution in [1.29, 1.82) is 0 Å². The fourth-order valence-electron chi connectivity index (χ4n) is 1.03. The number of rotatable bonds is 3. The van der Waals surface area contributed by atoms with Gasteiger partial charge in [0.05, 0.1) is 6.42 Å². The van der Waals surface area contributed by atoms with Gasteiger partial charge in [0.2, 0.25) is 11.7 Å². The molecule has 0 saturated carbocycles. The van der Waals surface area contributed by atoms with Gasteiger partial charge in [-0.3, -0.25) is 4.98 Å². The first-order valence-corrected chi connectivity index (χ1v) is 4.07. The predicted molar refractivity (Wildman–Crippen MR) is 47.3 cm³/mol. The number of carbonyl (C=O) groups is 1. The Hall–Kier alpha value is -2.04. The Bertz CT molecular complexity index is 425. The van der Waals surface area contributed by atoms with Gasteiger partial charge in [-0.15, -0.1) is 0 Å². The molecular formula is C9H7N3O2.